The summed E-state index contributed by atoms with van der Waals surface area (Å²) in [5, 5.41) is 17.2. The summed E-state index contributed by atoms with van der Waals surface area (Å²) in [6.07, 6.45) is 1.61. The van der Waals surface area contributed by atoms with Gasteiger partial charge in [-0.15, -0.1) is 0 Å². The molecule has 0 atom stereocenters. The Kier molecular flexibility index (Phi) is 4.91. The topological polar surface area (TPSA) is 125 Å². The van der Waals surface area contributed by atoms with Crippen LogP contribution in [-0.4, -0.2) is 54.6 Å². The van der Waals surface area contributed by atoms with Crippen LogP contribution < -0.4 is 20.7 Å². The highest BCUT2D eigenvalue weighted by atomic mass is 31.2. The van der Waals surface area contributed by atoms with Crippen LogP contribution in [0.25, 0.3) is 11.0 Å². The summed E-state index contributed by atoms with van der Waals surface area (Å²) >= 11 is 0. The van der Waals surface area contributed by atoms with Crippen LogP contribution in [0, 0.1) is 11.3 Å². The molecule has 1 saturated heterocycles. The Morgan fingerprint density at radius 1 is 1.34 bits per heavy atom. The van der Waals surface area contributed by atoms with Crippen LogP contribution in [0.1, 0.15) is 5.56 Å². The van der Waals surface area contributed by atoms with Crippen molar-refractivity contribution in [2.24, 2.45) is 0 Å². The highest BCUT2D eigenvalue weighted by Crippen LogP contribution is 2.38. The third-order valence-electron chi connectivity index (χ3n) is 4.68. The number of benzene rings is 1. The average Bonchev–Trinajstić information content (AvgIpc) is 3.07. The molecular weight excluding hydrogens is 391 g/mol. The average molecular weight is 412 g/mol. The van der Waals surface area contributed by atoms with Gasteiger partial charge in [0.2, 0.25) is 5.95 Å². The van der Waals surface area contributed by atoms with Gasteiger partial charge in [0.15, 0.2) is 0 Å². The van der Waals surface area contributed by atoms with Gasteiger partial charge in [0.25, 0.3) is 0 Å². The first-order valence-corrected chi connectivity index (χ1v) is 11.6. The molecule has 0 unspecified atom stereocenters. The molecule has 0 spiro atoms. The molecule has 1 aliphatic heterocycles. The summed E-state index contributed by atoms with van der Waals surface area (Å²) in [6, 6.07) is 7.65. The number of fused-ring (bicyclic) bond motifs is 1. The Labute approximate surface area is 167 Å². The van der Waals surface area contributed by atoms with Gasteiger partial charge in [0.1, 0.15) is 30.4 Å². The molecule has 1 aliphatic rings. The van der Waals surface area contributed by atoms with E-state index in [1.165, 1.54) is 0 Å². The zero-order chi connectivity index (χ0) is 20.6. The minimum atomic E-state index is -2.41. The first-order valence-electron chi connectivity index (χ1n) is 9.03. The first-order chi connectivity index (χ1) is 13.9. The number of rotatable bonds is 6. The van der Waals surface area contributed by atoms with Crippen molar-refractivity contribution in [3.8, 4) is 11.8 Å². The normalized spacial score (nSPS) is 14.3. The van der Waals surface area contributed by atoms with Gasteiger partial charge in [-0.25, -0.2) is 0 Å². The smallest absolute Gasteiger partial charge is 0.231 e. The van der Waals surface area contributed by atoms with Crippen LogP contribution in [-0.2, 0) is 9.30 Å². The van der Waals surface area contributed by atoms with E-state index in [9.17, 15) is 9.83 Å². The van der Waals surface area contributed by atoms with Gasteiger partial charge in [-0.05, 0) is 31.5 Å². The molecule has 10 heteroatoms. The van der Waals surface area contributed by atoms with Gasteiger partial charge in [0, 0.05) is 11.5 Å². The summed E-state index contributed by atoms with van der Waals surface area (Å²) in [4.78, 5) is 12.1. The Morgan fingerprint density at radius 2 is 2.14 bits per heavy atom. The van der Waals surface area contributed by atoms with Gasteiger partial charge >= 0.3 is 0 Å². The minimum absolute atomic E-state index is 0.138. The first kappa shape index (κ1) is 19.2. The summed E-state index contributed by atoms with van der Waals surface area (Å²) in [6.45, 7) is 4.60. The quantitative estimate of drug-likeness (QED) is 0.528. The molecule has 1 fully saturated rings. The second-order valence-electron chi connectivity index (χ2n) is 7.17. The second-order valence-corrected chi connectivity index (χ2v) is 10.4. The van der Waals surface area contributed by atoms with Crippen molar-refractivity contribution in [2.75, 3.05) is 44.3 Å². The van der Waals surface area contributed by atoms with E-state index in [0.717, 1.165) is 5.30 Å². The van der Waals surface area contributed by atoms with Crippen LogP contribution in [0.4, 0.5) is 17.5 Å². The number of H-pyrrole nitrogens is 1. The maximum Gasteiger partial charge on any atom is 0.231 e. The van der Waals surface area contributed by atoms with Crippen molar-refractivity contribution in [3.63, 3.8) is 0 Å². The molecule has 0 aliphatic carbocycles. The van der Waals surface area contributed by atoms with E-state index >= 15 is 0 Å². The molecule has 0 saturated carbocycles. The molecule has 3 heterocycles. The van der Waals surface area contributed by atoms with Crippen LogP contribution in [0.5, 0.6) is 5.75 Å². The predicted molar refractivity (Wildman–Crippen MR) is 112 cm³/mol. The van der Waals surface area contributed by atoms with Crippen molar-refractivity contribution >= 4 is 40.9 Å². The van der Waals surface area contributed by atoms with Crippen LogP contribution in [0.3, 0.4) is 0 Å². The Balaban J connectivity index is 1.73. The molecule has 1 aromatic carbocycles. The maximum absolute atomic E-state index is 12.4. The molecule has 3 aromatic rings. The summed E-state index contributed by atoms with van der Waals surface area (Å²) < 4.78 is 23.0. The van der Waals surface area contributed by atoms with Crippen LogP contribution in [0.2, 0.25) is 0 Å². The van der Waals surface area contributed by atoms with E-state index in [2.05, 4.69) is 31.7 Å². The molecule has 0 bridgehead atoms. The Bertz CT molecular complexity index is 1160. The largest absolute Gasteiger partial charge is 0.495 e. The fraction of sp³-hybridized carbons (Fsp3) is 0.316. The molecular formula is C19H21N6O3P. The zero-order valence-electron chi connectivity index (χ0n) is 16.3. The van der Waals surface area contributed by atoms with Crippen molar-refractivity contribution < 1.29 is 14.0 Å². The SMILES string of the molecule is COc1cc(P(C)(C)=O)ccc1Nc1nc(NC2COC2)c2c(C#N)c[nH]c2n1. The lowest BCUT2D eigenvalue weighted by Gasteiger charge is -2.27. The van der Waals surface area contributed by atoms with Crippen LogP contribution >= 0.6 is 7.14 Å². The van der Waals surface area contributed by atoms with E-state index in [0.29, 0.717) is 53.0 Å². The monoisotopic (exact) mass is 412 g/mol. The van der Waals surface area contributed by atoms with Crippen LogP contribution in [0.15, 0.2) is 24.4 Å². The lowest BCUT2D eigenvalue weighted by atomic mass is 10.2. The molecule has 0 amide bonds. The summed E-state index contributed by atoms with van der Waals surface area (Å²) in [5.74, 6) is 1.45. The number of anilines is 3. The maximum atomic E-state index is 12.4. The molecule has 2 aromatic heterocycles. The Hall–Kier alpha value is -3.08. The van der Waals surface area contributed by atoms with Crippen molar-refractivity contribution in [1.82, 2.24) is 15.0 Å². The third kappa shape index (κ3) is 3.77. The number of ether oxygens (including phenoxy) is 2. The Morgan fingerprint density at radius 3 is 2.76 bits per heavy atom. The van der Waals surface area contributed by atoms with Gasteiger partial charge in [-0.3, -0.25) is 0 Å². The third-order valence-corrected chi connectivity index (χ3v) is 6.21. The van der Waals surface area contributed by atoms with E-state index in [1.807, 2.05) is 0 Å². The second kappa shape index (κ2) is 7.39. The highest BCUT2D eigenvalue weighted by molar-refractivity contribution is 7.70. The zero-order valence-corrected chi connectivity index (χ0v) is 17.2. The predicted octanol–water partition coefficient (Wildman–Crippen LogP) is 2.64. The number of hydrogen-bond acceptors (Lipinski definition) is 8. The highest BCUT2D eigenvalue weighted by Gasteiger charge is 2.22. The van der Waals surface area contributed by atoms with Gasteiger partial charge < -0.3 is 29.7 Å². The van der Waals surface area contributed by atoms with Gasteiger partial charge in [-0.2, -0.15) is 15.2 Å². The summed E-state index contributed by atoms with van der Waals surface area (Å²) in [7, 11) is -0.857. The van der Waals surface area contributed by atoms with E-state index in [-0.39, 0.29) is 6.04 Å². The molecule has 29 heavy (non-hydrogen) atoms. The lowest BCUT2D eigenvalue weighted by Crippen LogP contribution is -2.40. The number of methoxy groups -OCH3 is 1. The molecule has 4 rings (SSSR count). The van der Waals surface area contributed by atoms with E-state index < -0.39 is 7.14 Å². The summed E-state index contributed by atoms with van der Waals surface area (Å²) in [5.41, 5.74) is 1.66. The molecule has 0 radical (unpaired) electrons. The lowest BCUT2D eigenvalue weighted by molar-refractivity contribution is 0.0210. The number of nitrogens with zero attached hydrogens (tertiary/aromatic N) is 3. The number of nitrogens with one attached hydrogen (secondary N) is 3. The number of hydrogen-bond donors (Lipinski definition) is 3. The van der Waals surface area contributed by atoms with Crippen molar-refractivity contribution in [2.45, 2.75) is 6.04 Å². The van der Waals surface area contributed by atoms with Gasteiger partial charge in [0.05, 0.1) is 43.0 Å². The van der Waals surface area contributed by atoms with Crippen molar-refractivity contribution in [3.05, 3.63) is 30.0 Å². The van der Waals surface area contributed by atoms with E-state index in [1.54, 1.807) is 44.8 Å². The van der Waals surface area contributed by atoms with Gasteiger partial charge in [-0.1, -0.05) is 0 Å². The molecule has 9 nitrogen and oxygen atoms in total. The standard InChI is InChI=1S/C19H21N6O3P/c1-27-15-6-13(29(2,3)26)4-5-14(15)23-19-24-17-16(11(7-20)8-21-17)18(25-19)22-12-9-28-10-12/h4-6,8,12H,9-10H2,1-3H3,(H3,21,22,23,24,25). The number of nitriles is 1. The fourth-order valence-corrected chi connectivity index (χ4v) is 3.89. The van der Waals surface area contributed by atoms with Crippen molar-refractivity contribution in [1.29, 1.82) is 5.26 Å². The molecule has 3 N–H and O–H groups in total. The van der Waals surface area contributed by atoms with E-state index in [4.69, 9.17) is 9.47 Å². The number of aromatic amines is 1. The molecule has 150 valence electrons. The fourth-order valence-electron chi connectivity index (χ4n) is 3.03. The minimum Gasteiger partial charge on any atom is -0.495 e. The number of aromatic nitrogens is 3.